The number of benzene rings is 1. The molecule has 29 heavy (non-hydrogen) atoms. The highest BCUT2D eigenvalue weighted by atomic mass is 16.7. The van der Waals surface area contributed by atoms with Gasteiger partial charge in [-0.05, 0) is 33.8 Å². The van der Waals surface area contributed by atoms with Gasteiger partial charge in [-0.15, -0.1) is 0 Å². The van der Waals surface area contributed by atoms with E-state index >= 15 is 0 Å². The maximum atomic E-state index is 12.8. The molecule has 0 aliphatic rings. The monoisotopic (exact) mass is 408 g/mol. The van der Waals surface area contributed by atoms with Gasteiger partial charge in [0.1, 0.15) is 12.4 Å². The highest BCUT2D eigenvalue weighted by Crippen LogP contribution is 2.38. The number of hydrogen-bond acceptors (Lipinski definition) is 7. The molecule has 0 saturated heterocycles. The highest BCUT2D eigenvalue weighted by molar-refractivity contribution is 5.96. The molecular weight excluding hydrogens is 376 g/mol. The molecule has 1 atom stereocenters. The van der Waals surface area contributed by atoms with Gasteiger partial charge >= 0.3 is 11.9 Å². The Bertz CT molecular complexity index is 620. The van der Waals surface area contributed by atoms with E-state index in [2.05, 4.69) is 6.58 Å². The smallest absolute Gasteiger partial charge is 0.321 e. The van der Waals surface area contributed by atoms with Crippen LogP contribution in [-0.2, 0) is 28.5 Å². The van der Waals surface area contributed by atoms with Gasteiger partial charge in [0.25, 0.3) is 0 Å². The first-order chi connectivity index (χ1) is 14.0. The SMILES string of the molecule is C=CCOc1ccccc1C(C(OCC)OCC)C(C(=O)OCC)C(=O)OCC. The molecule has 0 N–H and O–H groups in total. The second kappa shape index (κ2) is 13.7. The molecule has 0 fully saturated rings. The van der Waals surface area contributed by atoms with E-state index in [4.69, 9.17) is 23.7 Å². The molecule has 1 unspecified atom stereocenters. The maximum absolute atomic E-state index is 12.8. The summed E-state index contributed by atoms with van der Waals surface area (Å²) in [5, 5.41) is 0. The summed E-state index contributed by atoms with van der Waals surface area (Å²) < 4.78 is 27.7. The van der Waals surface area contributed by atoms with Crippen LogP contribution in [-0.4, -0.2) is 51.3 Å². The minimum absolute atomic E-state index is 0.129. The Balaban J connectivity index is 3.57. The van der Waals surface area contributed by atoms with Crippen molar-refractivity contribution in [1.82, 2.24) is 0 Å². The largest absolute Gasteiger partial charge is 0.489 e. The van der Waals surface area contributed by atoms with Crippen molar-refractivity contribution >= 4 is 11.9 Å². The standard InChI is InChI=1S/C22H32O7/c1-6-15-29-17-14-12-11-13-16(17)18(22(27-9-4)28-10-5)19(20(23)25-7-2)21(24)26-8-3/h6,11-14,18-19,22H,1,7-10,15H2,2-5H3. The fourth-order valence-corrected chi connectivity index (χ4v) is 2.96. The molecular formula is C22H32O7. The Morgan fingerprint density at radius 3 is 1.97 bits per heavy atom. The minimum atomic E-state index is -1.27. The summed E-state index contributed by atoms with van der Waals surface area (Å²) in [6.45, 7) is 11.8. The number of esters is 2. The van der Waals surface area contributed by atoms with Crippen molar-refractivity contribution in [1.29, 1.82) is 0 Å². The van der Waals surface area contributed by atoms with Gasteiger partial charge in [0.05, 0.1) is 19.1 Å². The molecule has 162 valence electrons. The van der Waals surface area contributed by atoms with E-state index in [9.17, 15) is 9.59 Å². The first kappa shape index (κ1) is 24.7. The third-order valence-corrected chi connectivity index (χ3v) is 4.03. The minimum Gasteiger partial charge on any atom is -0.489 e. The number of carbonyl (C=O) groups excluding carboxylic acids is 2. The molecule has 0 amide bonds. The molecule has 0 aliphatic carbocycles. The number of ether oxygens (including phenoxy) is 5. The molecule has 0 aromatic heterocycles. The molecule has 0 aliphatic heterocycles. The third-order valence-electron chi connectivity index (χ3n) is 4.03. The lowest BCUT2D eigenvalue weighted by Gasteiger charge is -2.32. The van der Waals surface area contributed by atoms with Crippen LogP contribution in [0, 0.1) is 5.92 Å². The fourth-order valence-electron chi connectivity index (χ4n) is 2.96. The lowest BCUT2D eigenvalue weighted by Crippen LogP contribution is -2.41. The van der Waals surface area contributed by atoms with Crippen molar-refractivity contribution in [3.63, 3.8) is 0 Å². The molecule has 0 heterocycles. The second-order valence-electron chi connectivity index (χ2n) is 5.92. The lowest BCUT2D eigenvalue weighted by molar-refractivity contribution is -0.183. The fraction of sp³-hybridized carbons (Fsp3) is 0.545. The summed E-state index contributed by atoms with van der Waals surface area (Å²) in [4.78, 5) is 25.6. The van der Waals surface area contributed by atoms with Gasteiger partial charge < -0.3 is 23.7 Å². The van der Waals surface area contributed by atoms with Crippen molar-refractivity contribution < 1.29 is 33.3 Å². The first-order valence-corrected chi connectivity index (χ1v) is 9.94. The van der Waals surface area contributed by atoms with Crippen LogP contribution >= 0.6 is 0 Å². The van der Waals surface area contributed by atoms with E-state index in [0.717, 1.165) is 0 Å². The van der Waals surface area contributed by atoms with E-state index in [1.54, 1.807) is 44.2 Å². The van der Waals surface area contributed by atoms with Crippen molar-refractivity contribution in [2.24, 2.45) is 5.92 Å². The van der Waals surface area contributed by atoms with Crippen LogP contribution in [0.2, 0.25) is 0 Å². The average Bonchev–Trinajstić information content (AvgIpc) is 2.71. The average molecular weight is 408 g/mol. The molecule has 7 heteroatoms. The van der Waals surface area contributed by atoms with E-state index < -0.39 is 30.1 Å². The van der Waals surface area contributed by atoms with Gasteiger partial charge in [0.15, 0.2) is 12.2 Å². The van der Waals surface area contributed by atoms with E-state index in [1.807, 2.05) is 13.8 Å². The van der Waals surface area contributed by atoms with Gasteiger partial charge in [0.2, 0.25) is 0 Å². The first-order valence-electron chi connectivity index (χ1n) is 9.94. The quantitative estimate of drug-likeness (QED) is 0.202. The summed E-state index contributed by atoms with van der Waals surface area (Å²) in [5.74, 6) is -2.99. The zero-order valence-electron chi connectivity index (χ0n) is 17.7. The summed E-state index contributed by atoms with van der Waals surface area (Å²) in [5.41, 5.74) is 0.590. The number of para-hydroxylation sites is 1. The van der Waals surface area contributed by atoms with Crippen LogP contribution in [0.3, 0.4) is 0 Å². The van der Waals surface area contributed by atoms with Crippen LogP contribution in [0.5, 0.6) is 5.75 Å². The van der Waals surface area contributed by atoms with Crippen LogP contribution in [0.4, 0.5) is 0 Å². The number of rotatable bonds is 14. The van der Waals surface area contributed by atoms with E-state index in [-0.39, 0.29) is 19.8 Å². The Labute approximate surface area is 172 Å². The van der Waals surface area contributed by atoms with Gasteiger partial charge in [-0.3, -0.25) is 9.59 Å². The molecule has 0 radical (unpaired) electrons. The summed E-state index contributed by atoms with van der Waals surface area (Å²) in [6, 6.07) is 7.14. The molecule has 7 nitrogen and oxygen atoms in total. The third kappa shape index (κ3) is 7.18. The Hall–Kier alpha value is -2.38. The van der Waals surface area contributed by atoms with Gasteiger partial charge in [0, 0.05) is 18.8 Å². The molecule has 0 bridgehead atoms. The Morgan fingerprint density at radius 1 is 0.931 bits per heavy atom. The van der Waals surface area contributed by atoms with Crippen LogP contribution in [0.1, 0.15) is 39.2 Å². The molecule has 1 aromatic carbocycles. The highest BCUT2D eigenvalue weighted by Gasteiger charge is 2.45. The summed E-state index contributed by atoms with van der Waals surface area (Å²) in [7, 11) is 0. The zero-order chi connectivity index (χ0) is 21.6. The number of carbonyl (C=O) groups is 2. The van der Waals surface area contributed by atoms with Gasteiger partial charge in [-0.1, -0.05) is 30.9 Å². The molecule has 0 spiro atoms. The maximum Gasteiger partial charge on any atom is 0.321 e. The Morgan fingerprint density at radius 2 is 1.48 bits per heavy atom. The van der Waals surface area contributed by atoms with Crippen molar-refractivity contribution in [2.45, 2.75) is 39.9 Å². The van der Waals surface area contributed by atoms with E-state index in [0.29, 0.717) is 24.5 Å². The van der Waals surface area contributed by atoms with Crippen LogP contribution in [0.25, 0.3) is 0 Å². The topological polar surface area (TPSA) is 80.3 Å². The van der Waals surface area contributed by atoms with Crippen molar-refractivity contribution in [2.75, 3.05) is 33.0 Å². The van der Waals surface area contributed by atoms with Gasteiger partial charge in [-0.25, -0.2) is 0 Å². The Kier molecular flexibility index (Phi) is 11.7. The predicted molar refractivity (Wildman–Crippen MR) is 109 cm³/mol. The van der Waals surface area contributed by atoms with Crippen LogP contribution < -0.4 is 4.74 Å². The lowest BCUT2D eigenvalue weighted by atomic mass is 9.84. The zero-order valence-corrected chi connectivity index (χ0v) is 17.7. The van der Waals surface area contributed by atoms with Crippen molar-refractivity contribution in [3.8, 4) is 5.75 Å². The van der Waals surface area contributed by atoms with Crippen LogP contribution in [0.15, 0.2) is 36.9 Å². The van der Waals surface area contributed by atoms with E-state index in [1.165, 1.54) is 0 Å². The normalized spacial score (nSPS) is 11.9. The number of hydrogen-bond donors (Lipinski definition) is 0. The predicted octanol–water partition coefficient (Wildman–Crippen LogP) is 3.48. The van der Waals surface area contributed by atoms with Gasteiger partial charge in [-0.2, -0.15) is 0 Å². The van der Waals surface area contributed by atoms with Crippen molar-refractivity contribution in [3.05, 3.63) is 42.5 Å². The molecule has 0 saturated carbocycles. The molecule has 1 aromatic rings. The summed E-state index contributed by atoms with van der Waals surface area (Å²) >= 11 is 0. The molecule has 1 rings (SSSR count). The second-order valence-corrected chi connectivity index (χ2v) is 5.92. The summed E-state index contributed by atoms with van der Waals surface area (Å²) in [6.07, 6.45) is 0.736.